The molecule has 1 fully saturated rings. The number of ketones is 1. The van der Waals surface area contributed by atoms with E-state index in [1.165, 1.54) is 0 Å². The van der Waals surface area contributed by atoms with Crippen molar-refractivity contribution in [2.45, 2.75) is 19.4 Å². The minimum absolute atomic E-state index is 0.106. The minimum Gasteiger partial charge on any atom is -0.480 e. The molecular formula is C15H25N3O5. The first-order valence-corrected chi connectivity index (χ1v) is 7.32. The van der Waals surface area contributed by atoms with Crippen LogP contribution in [-0.2, 0) is 14.4 Å². The van der Waals surface area contributed by atoms with Gasteiger partial charge < -0.3 is 10.2 Å². The molecule has 130 valence electrons. The van der Waals surface area contributed by atoms with E-state index in [0.717, 1.165) is 0 Å². The van der Waals surface area contributed by atoms with Gasteiger partial charge in [-0.1, -0.05) is 6.58 Å². The fraction of sp³-hybridized carbons (Fsp3) is 0.667. The molecule has 0 saturated carbocycles. The number of rotatable bonds is 8. The molecule has 0 aromatic heterocycles. The summed E-state index contributed by atoms with van der Waals surface area (Å²) in [5, 5.41) is 18.0. The lowest BCUT2D eigenvalue weighted by Gasteiger charge is -2.49. The second-order valence-electron chi connectivity index (χ2n) is 6.46. The molecule has 0 bridgehead atoms. The SMILES string of the molecule is C=C(C)C(=O)CN1CN(CC(=O)O)CC(C)(N(C)CC(=O)O)C1. The molecule has 0 spiro atoms. The topological polar surface area (TPSA) is 101 Å². The predicted octanol–water partition coefficient (Wildman–Crippen LogP) is -0.434. The molecule has 1 rings (SSSR count). The van der Waals surface area contributed by atoms with Crippen LogP contribution in [0.15, 0.2) is 12.2 Å². The summed E-state index contributed by atoms with van der Waals surface area (Å²) in [5.41, 5.74) is -0.123. The van der Waals surface area contributed by atoms with Crippen LogP contribution in [0.4, 0.5) is 0 Å². The molecule has 1 aliphatic rings. The van der Waals surface area contributed by atoms with Crippen molar-refractivity contribution in [2.75, 3.05) is 46.4 Å². The van der Waals surface area contributed by atoms with Gasteiger partial charge in [0.25, 0.3) is 0 Å². The Bertz CT molecular complexity index is 507. The van der Waals surface area contributed by atoms with Crippen molar-refractivity contribution in [3.63, 3.8) is 0 Å². The van der Waals surface area contributed by atoms with Crippen LogP contribution in [-0.4, -0.2) is 94.6 Å². The maximum absolute atomic E-state index is 11.9. The predicted molar refractivity (Wildman–Crippen MR) is 84.1 cm³/mol. The van der Waals surface area contributed by atoms with Crippen LogP contribution in [0, 0.1) is 0 Å². The van der Waals surface area contributed by atoms with E-state index in [0.29, 0.717) is 25.3 Å². The number of carbonyl (C=O) groups excluding carboxylic acids is 1. The van der Waals surface area contributed by atoms with Gasteiger partial charge in [-0.25, -0.2) is 0 Å². The van der Waals surface area contributed by atoms with E-state index in [1.807, 2.05) is 11.8 Å². The molecule has 0 radical (unpaired) electrons. The summed E-state index contributed by atoms with van der Waals surface area (Å²) in [6.45, 7) is 8.21. The normalized spacial score (nSPS) is 23.0. The molecule has 2 N–H and O–H groups in total. The van der Waals surface area contributed by atoms with E-state index in [-0.39, 0.29) is 25.4 Å². The average Bonchev–Trinajstić information content (AvgIpc) is 2.35. The van der Waals surface area contributed by atoms with Crippen molar-refractivity contribution in [1.29, 1.82) is 0 Å². The second kappa shape index (κ2) is 7.67. The fourth-order valence-corrected chi connectivity index (χ4v) is 2.77. The molecule has 1 unspecified atom stereocenters. The summed E-state index contributed by atoms with van der Waals surface area (Å²) >= 11 is 0. The fourth-order valence-electron chi connectivity index (χ4n) is 2.77. The average molecular weight is 327 g/mol. The zero-order chi connectivity index (χ0) is 17.8. The zero-order valence-electron chi connectivity index (χ0n) is 13.9. The molecule has 0 aromatic rings. The highest BCUT2D eigenvalue weighted by molar-refractivity contribution is 5.95. The number of likely N-dealkylation sites (N-methyl/N-ethyl adjacent to an activating group) is 1. The lowest BCUT2D eigenvalue weighted by molar-refractivity contribution is -0.145. The maximum atomic E-state index is 11.9. The van der Waals surface area contributed by atoms with Gasteiger partial charge in [-0.05, 0) is 26.5 Å². The van der Waals surface area contributed by atoms with Crippen molar-refractivity contribution < 1.29 is 24.6 Å². The first-order valence-electron chi connectivity index (χ1n) is 7.32. The van der Waals surface area contributed by atoms with Crippen LogP contribution in [0.25, 0.3) is 0 Å². The van der Waals surface area contributed by atoms with Gasteiger partial charge in [-0.3, -0.25) is 29.1 Å². The Morgan fingerprint density at radius 3 is 2.09 bits per heavy atom. The number of carbonyl (C=O) groups is 3. The largest absolute Gasteiger partial charge is 0.480 e. The van der Waals surface area contributed by atoms with E-state index >= 15 is 0 Å². The third-order valence-electron chi connectivity index (χ3n) is 4.02. The molecule has 0 amide bonds. The van der Waals surface area contributed by atoms with Crippen molar-refractivity contribution in [1.82, 2.24) is 14.7 Å². The highest BCUT2D eigenvalue weighted by Gasteiger charge is 2.39. The van der Waals surface area contributed by atoms with Gasteiger partial charge in [0.1, 0.15) is 0 Å². The van der Waals surface area contributed by atoms with Crippen molar-refractivity contribution >= 4 is 17.7 Å². The monoisotopic (exact) mass is 327 g/mol. The van der Waals surface area contributed by atoms with Gasteiger partial charge in [0.2, 0.25) is 0 Å². The first-order chi connectivity index (χ1) is 10.5. The summed E-state index contributed by atoms with van der Waals surface area (Å²) in [6.07, 6.45) is 0. The standard InChI is InChI=1S/C15H25N3O5/c1-11(2)12(19)5-17-8-15(3,16(4)6-13(20)21)9-18(10-17)7-14(22)23/h1,5-10H2,2-4H3,(H,20,21)(H,22,23). The van der Waals surface area contributed by atoms with Crippen LogP contribution in [0.5, 0.6) is 0 Å². The quantitative estimate of drug-likeness (QED) is 0.579. The number of nitrogens with zero attached hydrogens (tertiary/aromatic N) is 3. The molecule has 23 heavy (non-hydrogen) atoms. The van der Waals surface area contributed by atoms with Crippen LogP contribution in [0.2, 0.25) is 0 Å². The smallest absolute Gasteiger partial charge is 0.317 e. The molecule has 0 aliphatic carbocycles. The van der Waals surface area contributed by atoms with Gasteiger partial charge in [0.15, 0.2) is 5.78 Å². The van der Waals surface area contributed by atoms with Crippen molar-refractivity contribution in [3.8, 4) is 0 Å². The van der Waals surface area contributed by atoms with Gasteiger partial charge in [-0.15, -0.1) is 0 Å². The Hall–Kier alpha value is -1.77. The number of Topliss-reactive ketones (excluding diaryl/α,β-unsaturated/α-hetero) is 1. The number of aliphatic carboxylic acids is 2. The minimum atomic E-state index is -0.957. The Morgan fingerprint density at radius 2 is 1.65 bits per heavy atom. The Kier molecular flexibility index (Phi) is 6.43. The van der Waals surface area contributed by atoms with Crippen LogP contribution >= 0.6 is 0 Å². The van der Waals surface area contributed by atoms with Crippen LogP contribution < -0.4 is 0 Å². The summed E-state index contributed by atoms with van der Waals surface area (Å²) < 4.78 is 0. The van der Waals surface area contributed by atoms with E-state index in [2.05, 4.69) is 6.58 Å². The lowest BCUT2D eigenvalue weighted by atomic mass is 9.96. The summed E-state index contributed by atoms with van der Waals surface area (Å²) in [5.74, 6) is -2.01. The Morgan fingerprint density at radius 1 is 1.13 bits per heavy atom. The molecule has 1 heterocycles. The van der Waals surface area contributed by atoms with Crippen molar-refractivity contribution in [2.24, 2.45) is 0 Å². The first kappa shape index (κ1) is 19.3. The summed E-state index contributed by atoms with van der Waals surface area (Å²) in [7, 11) is 1.69. The van der Waals surface area contributed by atoms with Crippen LogP contribution in [0.1, 0.15) is 13.8 Å². The number of hydrogen-bond donors (Lipinski definition) is 2. The number of carboxylic acid groups (broad SMARTS) is 2. The molecule has 1 atom stereocenters. The Balaban J connectivity index is 2.92. The summed E-state index contributed by atoms with van der Waals surface area (Å²) in [4.78, 5) is 39.1. The van der Waals surface area contributed by atoms with Crippen LogP contribution in [0.3, 0.4) is 0 Å². The van der Waals surface area contributed by atoms with Gasteiger partial charge in [0.05, 0.1) is 26.3 Å². The molecular weight excluding hydrogens is 302 g/mol. The molecule has 1 aliphatic heterocycles. The molecule has 1 saturated heterocycles. The molecule has 0 aromatic carbocycles. The summed E-state index contributed by atoms with van der Waals surface area (Å²) in [6, 6.07) is 0. The van der Waals surface area contributed by atoms with E-state index < -0.39 is 17.5 Å². The lowest BCUT2D eigenvalue weighted by Crippen LogP contribution is -2.66. The third kappa shape index (κ3) is 5.74. The maximum Gasteiger partial charge on any atom is 0.317 e. The highest BCUT2D eigenvalue weighted by atomic mass is 16.4. The highest BCUT2D eigenvalue weighted by Crippen LogP contribution is 2.22. The molecule has 8 nitrogen and oxygen atoms in total. The number of hydrogen-bond acceptors (Lipinski definition) is 6. The van der Waals surface area contributed by atoms with Crippen molar-refractivity contribution in [3.05, 3.63) is 12.2 Å². The van der Waals surface area contributed by atoms with E-state index in [1.54, 1.807) is 23.8 Å². The van der Waals surface area contributed by atoms with Gasteiger partial charge in [0, 0.05) is 18.6 Å². The third-order valence-corrected chi connectivity index (χ3v) is 4.02. The second-order valence-corrected chi connectivity index (χ2v) is 6.46. The van der Waals surface area contributed by atoms with E-state index in [9.17, 15) is 14.4 Å². The van der Waals surface area contributed by atoms with Gasteiger partial charge >= 0.3 is 11.9 Å². The van der Waals surface area contributed by atoms with E-state index in [4.69, 9.17) is 10.2 Å². The molecule has 8 heteroatoms. The van der Waals surface area contributed by atoms with Gasteiger partial charge in [-0.2, -0.15) is 0 Å². The Labute approximate surface area is 136 Å². The zero-order valence-corrected chi connectivity index (χ0v) is 13.9. The number of carboxylic acids is 2.